The van der Waals surface area contributed by atoms with Crippen LogP contribution < -0.4 is 5.32 Å². The molecule has 0 radical (unpaired) electrons. The quantitative estimate of drug-likeness (QED) is 0.218. The first-order chi connectivity index (χ1) is 12.5. The van der Waals surface area contributed by atoms with Crippen LogP contribution in [0.5, 0.6) is 0 Å². The minimum Gasteiger partial charge on any atom is -0.354 e. The molecule has 3 rings (SSSR count). The van der Waals surface area contributed by atoms with Crippen LogP contribution in [0, 0.1) is 15.5 Å². The molecule has 1 aromatic carbocycles. The molecule has 0 aliphatic heterocycles. The Bertz CT molecular complexity index is 996. The maximum atomic E-state index is 11.4. The van der Waals surface area contributed by atoms with E-state index >= 15 is 0 Å². The average molecular weight is 387 g/mol. The number of aromatic nitrogens is 4. The normalized spacial score (nSPS) is 10.5. The number of benzene rings is 1. The molecule has 0 fully saturated rings. The number of thiophene rings is 1. The molecule has 9 nitrogen and oxygen atoms in total. The van der Waals surface area contributed by atoms with E-state index < -0.39 is 4.92 Å². The van der Waals surface area contributed by atoms with Gasteiger partial charge in [-0.3, -0.25) is 15.5 Å². The molecule has 11 heteroatoms. The zero-order valence-corrected chi connectivity index (χ0v) is 15.2. The monoisotopic (exact) mass is 387 g/mol. The van der Waals surface area contributed by atoms with Crippen molar-refractivity contribution in [3.63, 3.8) is 0 Å². The van der Waals surface area contributed by atoms with Gasteiger partial charge in [0.15, 0.2) is 0 Å². The van der Waals surface area contributed by atoms with Crippen molar-refractivity contribution in [2.24, 2.45) is 7.05 Å². The maximum absolute atomic E-state index is 11.4. The standard InChI is InChI=1S/C15H13N7O2S2/c1-3-17-14-12(13(16)26-15-18-19-20-21(15)2)10(8-25-14)9-6-4-5-7-11(9)22(23)24/h3-8,16-17H,1H2,2H3. The molecule has 26 heavy (non-hydrogen) atoms. The molecule has 2 heterocycles. The van der Waals surface area contributed by atoms with Crippen LogP contribution in [0.3, 0.4) is 0 Å². The van der Waals surface area contributed by atoms with Crippen LogP contribution in [0.2, 0.25) is 0 Å². The predicted octanol–water partition coefficient (Wildman–Crippen LogP) is 3.52. The second-order valence-electron chi connectivity index (χ2n) is 4.99. The van der Waals surface area contributed by atoms with E-state index in [0.29, 0.717) is 26.8 Å². The summed E-state index contributed by atoms with van der Waals surface area (Å²) in [6.07, 6.45) is 1.50. The Morgan fingerprint density at radius 2 is 2.23 bits per heavy atom. The lowest BCUT2D eigenvalue weighted by molar-refractivity contribution is -0.384. The molecule has 132 valence electrons. The Morgan fingerprint density at radius 3 is 2.88 bits per heavy atom. The van der Waals surface area contributed by atoms with Gasteiger partial charge in [0.05, 0.1) is 10.5 Å². The number of rotatable bonds is 6. The molecule has 0 saturated heterocycles. The number of nitro benzene ring substituents is 1. The number of aryl methyl sites for hydroxylation is 1. The average Bonchev–Trinajstić information content (AvgIpc) is 3.22. The molecule has 0 aliphatic rings. The Balaban J connectivity index is 2.11. The number of thioether (sulfide) groups is 1. The third-order valence-electron chi connectivity index (χ3n) is 3.42. The highest BCUT2D eigenvalue weighted by atomic mass is 32.2. The molecule has 0 saturated carbocycles. The summed E-state index contributed by atoms with van der Waals surface area (Å²) >= 11 is 2.41. The van der Waals surface area contributed by atoms with Crippen molar-refractivity contribution in [3.05, 3.63) is 58.1 Å². The van der Waals surface area contributed by atoms with Gasteiger partial charge in [0.25, 0.3) is 5.69 Å². The SMILES string of the molecule is C=CNc1scc(-c2ccccc2[N+](=O)[O-])c1C(=N)Sc1nnnn1C. The summed E-state index contributed by atoms with van der Waals surface area (Å²) in [7, 11) is 1.68. The van der Waals surface area contributed by atoms with Gasteiger partial charge in [-0.05, 0) is 34.5 Å². The number of tetrazole rings is 1. The minimum absolute atomic E-state index is 0.0187. The van der Waals surface area contributed by atoms with Crippen LogP contribution >= 0.6 is 23.1 Å². The van der Waals surface area contributed by atoms with E-state index in [2.05, 4.69) is 27.4 Å². The second-order valence-corrected chi connectivity index (χ2v) is 6.85. The minimum atomic E-state index is -0.430. The fourth-order valence-corrected chi connectivity index (χ4v) is 4.06. The topological polar surface area (TPSA) is 123 Å². The third-order valence-corrected chi connectivity index (χ3v) is 5.26. The molecular weight excluding hydrogens is 374 g/mol. The number of hydrogen-bond acceptors (Lipinski definition) is 9. The van der Waals surface area contributed by atoms with Crippen molar-refractivity contribution in [2.75, 3.05) is 5.32 Å². The number of nitrogens with zero attached hydrogens (tertiary/aromatic N) is 5. The summed E-state index contributed by atoms with van der Waals surface area (Å²) < 4.78 is 1.46. The first-order valence-electron chi connectivity index (χ1n) is 7.24. The fourth-order valence-electron chi connectivity index (χ4n) is 2.29. The summed E-state index contributed by atoms with van der Waals surface area (Å²) in [6.45, 7) is 3.65. The molecule has 2 N–H and O–H groups in total. The van der Waals surface area contributed by atoms with Crippen molar-refractivity contribution in [3.8, 4) is 11.1 Å². The third kappa shape index (κ3) is 3.34. The van der Waals surface area contributed by atoms with Gasteiger partial charge in [0.2, 0.25) is 5.16 Å². The molecule has 0 unspecified atom stereocenters. The number of nitro groups is 1. The van der Waals surface area contributed by atoms with Gasteiger partial charge in [-0.25, -0.2) is 4.68 Å². The van der Waals surface area contributed by atoms with Crippen LogP contribution in [0.25, 0.3) is 11.1 Å². The Morgan fingerprint density at radius 1 is 1.46 bits per heavy atom. The zero-order valence-electron chi connectivity index (χ0n) is 13.5. The number of para-hydroxylation sites is 1. The van der Waals surface area contributed by atoms with Crippen molar-refractivity contribution < 1.29 is 4.92 Å². The summed E-state index contributed by atoms with van der Waals surface area (Å²) in [4.78, 5) is 11.0. The van der Waals surface area contributed by atoms with Gasteiger partial charge >= 0.3 is 0 Å². The van der Waals surface area contributed by atoms with Gasteiger partial charge in [0.1, 0.15) is 10.0 Å². The van der Waals surface area contributed by atoms with Crippen LogP contribution in [0.4, 0.5) is 10.7 Å². The van der Waals surface area contributed by atoms with E-state index in [9.17, 15) is 10.1 Å². The molecule has 2 aromatic heterocycles. The summed E-state index contributed by atoms with van der Waals surface area (Å²) in [5.41, 5.74) is 1.56. The van der Waals surface area contributed by atoms with Gasteiger partial charge < -0.3 is 5.32 Å². The lowest BCUT2D eigenvalue weighted by atomic mass is 10.0. The number of hydrogen-bond donors (Lipinski definition) is 2. The Kier molecular flexibility index (Phi) is 5.09. The van der Waals surface area contributed by atoms with E-state index in [1.807, 2.05) is 0 Å². The zero-order chi connectivity index (χ0) is 18.7. The highest BCUT2D eigenvalue weighted by Gasteiger charge is 2.24. The van der Waals surface area contributed by atoms with Crippen LogP contribution in [-0.2, 0) is 7.05 Å². The number of anilines is 1. The fraction of sp³-hybridized carbons (Fsp3) is 0.0667. The first kappa shape index (κ1) is 17.8. The van der Waals surface area contributed by atoms with E-state index in [1.165, 1.54) is 28.3 Å². The van der Waals surface area contributed by atoms with Crippen molar-refractivity contribution in [1.29, 1.82) is 5.41 Å². The van der Waals surface area contributed by atoms with Gasteiger partial charge in [-0.15, -0.1) is 16.4 Å². The number of nitrogens with one attached hydrogen (secondary N) is 2. The summed E-state index contributed by atoms with van der Waals surface area (Å²) in [6, 6.07) is 6.46. The van der Waals surface area contributed by atoms with E-state index in [1.54, 1.807) is 30.6 Å². The van der Waals surface area contributed by atoms with Crippen molar-refractivity contribution >= 4 is 38.8 Å². The molecule has 0 spiro atoms. The molecule has 3 aromatic rings. The smallest absolute Gasteiger partial charge is 0.277 e. The van der Waals surface area contributed by atoms with Gasteiger partial charge in [0, 0.05) is 29.6 Å². The largest absolute Gasteiger partial charge is 0.354 e. The molecule has 0 aliphatic carbocycles. The lowest BCUT2D eigenvalue weighted by Gasteiger charge is -2.09. The van der Waals surface area contributed by atoms with E-state index in [-0.39, 0.29) is 10.7 Å². The predicted molar refractivity (Wildman–Crippen MR) is 102 cm³/mol. The Hall–Kier alpha value is -3.05. The Labute approximate surface area is 156 Å². The molecular formula is C15H13N7O2S2. The van der Waals surface area contributed by atoms with Crippen molar-refractivity contribution in [2.45, 2.75) is 5.16 Å². The summed E-state index contributed by atoms with van der Waals surface area (Å²) in [5, 5.41) is 37.2. The maximum Gasteiger partial charge on any atom is 0.277 e. The lowest BCUT2D eigenvalue weighted by Crippen LogP contribution is -2.02. The molecule has 0 atom stereocenters. The second kappa shape index (κ2) is 7.45. The van der Waals surface area contributed by atoms with Gasteiger partial charge in [-0.1, -0.05) is 18.7 Å². The first-order valence-corrected chi connectivity index (χ1v) is 8.94. The van der Waals surface area contributed by atoms with Crippen LogP contribution in [0.15, 0.2) is 47.6 Å². The van der Waals surface area contributed by atoms with Crippen molar-refractivity contribution in [1.82, 2.24) is 20.2 Å². The highest BCUT2D eigenvalue weighted by Crippen LogP contribution is 2.41. The molecule has 0 amide bonds. The highest BCUT2D eigenvalue weighted by molar-refractivity contribution is 8.14. The van der Waals surface area contributed by atoms with Gasteiger partial charge in [-0.2, -0.15) is 0 Å². The molecule has 0 bridgehead atoms. The van der Waals surface area contributed by atoms with Crippen LogP contribution in [-0.4, -0.2) is 30.2 Å². The summed E-state index contributed by atoms with van der Waals surface area (Å²) in [5.74, 6) is 0. The van der Waals surface area contributed by atoms with E-state index in [0.717, 1.165) is 11.8 Å². The van der Waals surface area contributed by atoms with E-state index in [4.69, 9.17) is 5.41 Å². The van der Waals surface area contributed by atoms with Crippen LogP contribution in [0.1, 0.15) is 5.56 Å².